The first kappa shape index (κ1) is 24.8. The first-order valence-electron chi connectivity index (χ1n) is 12.0. The molecule has 6 nitrogen and oxygen atoms in total. The monoisotopic (exact) mass is 492 g/mol. The molecular weight excluding hydrogens is 460 g/mol. The lowest BCUT2D eigenvalue weighted by atomic mass is 9.83. The minimum absolute atomic E-state index is 0.140. The number of amides is 1. The average molecular weight is 493 g/mol. The van der Waals surface area contributed by atoms with Crippen molar-refractivity contribution in [1.82, 2.24) is 5.32 Å². The van der Waals surface area contributed by atoms with Crippen LogP contribution in [0.5, 0.6) is 5.75 Å². The Balaban J connectivity index is 1.65. The molecule has 4 rings (SSSR count). The molecule has 0 aromatic heterocycles. The summed E-state index contributed by atoms with van der Waals surface area (Å²) in [6.07, 6.45) is 2.24. The van der Waals surface area contributed by atoms with E-state index >= 15 is 0 Å². The van der Waals surface area contributed by atoms with Crippen molar-refractivity contribution in [2.45, 2.75) is 56.6 Å². The van der Waals surface area contributed by atoms with Crippen molar-refractivity contribution >= 4 is 21.6 Å². The molecule has 0 fully saturated rings. The first-order chi connectivity index (χ1) is 16.8. The van der Waals surface area contributed by atoms with Crippen LogP contribution in [0.25, 0.3) is 0 Å². The zero-order valence-corrected chi connectivity index (χ0v) is 21.2. The number of hydrogen-bond acceptors (Lipinski definition) is 4. The molecule has 3 aromatic rings. The van der Waals surface area contributed by atoms with Crippen molar-refractivity contribution in [3.63, 3.8) is 0 Å². The van der Waals surface area contributed by atoms with Gasteiger partial charge in [0, 0.05) is 12.0 Å². The number of rotatable bonds is 8. The lowest BCUT2D eigenvalue weighted by Gasteiger charge is -2.41. The molecule has 0 radical (unpaired) electrons. The van der Waals surface area contributed by atoms with Gasteiger partial charge in [-0.15, -0.1) is 0 Å². The highest BCUT2D eigenvalue weighted by Gasteiger charge is 2.39. The van der Waals surface area contributed by atoms with Gasteiger partial charge in [-0.2, -0.15) is 0 Å². The molecule has 0 spiro atoms. The summed E-state index contributed by atoms with van der Waals surface area (Å²) in [4.78, 5) is 13.5. The number of para-hydroxylation sites is 1. The number of sulfonamides is 1. The van der Waals surface area contributed by atoms with Gasteiger partial charge in [-0.3, -0.25) is 9.10 Å². The third-order valence-electron chi connectivity index (χ3n) is 6.73. The van der Waals surface area contributed by atoms with E-state index in [1.165, 1.54) is 4.31 Å². The highest BCUT2D eigenvalue weighted by Crippen LogP contribution is 2.42. The van der Waals surface area contributed by atoms with Crippen LogP contribution in [0.15, 0.2) is 83.8 Å². The summed E-state index contributed by atoms with van der Waals surface area (Å²) >= 11 is 0. The van der Waals surface area contributed by atoms with Gasteiger partial charge >= 0.3 is 0 Å². The molecule has 3 aromatic carbocycles. The van der Waals surface area contributed by atoms with Gasteiger partial charge in [-0.1, -0.05) is 62.4 Å². The van der Waals surface area contributed by atoms with E-state index in [1.54, 1.807) is 48.5 Å². The maximum atomic E-state index is 13.6. The number of aryl methyl sites for hydroxylation is 1. The fourth-order valence-corrected chi connectivity index (χ4v) is 6.05. The van der Waals surface area contributed by atoms with Gasteiger partial charge in [-0.05, 0) is 55.7 Å². The second-order valence-electron chi connectivity index (χ2n) is 9.02. The van der Waals surface area contributed by atoms with Crippen molar-refractivity contribution in [3.05, 3.63) is 90.0 Å². The van der Waals surface area contributed by atoms with Crippen LogP contribution >= 0.6 is 0 Å². The zero-order valence-electron chi connectivity index (χ0n) is 20.4. The number of hydrogen-bond donors (Lipinski definition) is 1. The number of nitrogens with one attached hydrogen (secondary N) is 1. The van der Waals surface area contributed by atoms with Crippen LogP contribution in [0.4, 0.5) is 5.69 Å². The number of nitrogens with zero attached hydrogens (tertiary/aromatic N) is 1. The van der Waals surface area contributed by atoms with E-state index in [0.29, 0.717) is 12.1 Å². The van der Waals surface area contributed by atoms with Crippen molar-refractivity contribution < 1.29 is 17.9 Å². The van der Waals surface area contributed by atoms with Gasteiger partial charge in [0.15, 0.2) is 0 Å². The smallest absolute Gasteiger partial charge is 0.264 e. The SMILES string of the molecule is CCC1(CC)C[C@H](NC(=O)CN(c2cccc(C)c2)S(=O)(=O)c2ccccc2)c2ccccc2O1. The summed E-state index contributed by atoms with van der Waals surface area (Å²) in [5.74, 6) is 0.397. The van der Waals surface area contributed by atoms with E-state index in [2.05, 4.69) is 19.2 Å². The fraction of sp³-hybridized carbons (Fsp3) is 0.321. The summed E-state index contributed by atoms with van der Waals surface area (Å²) in [6.45, 7) is 5.74. The Hall–Kier alpha value is -3.32. The summed E-state index contributed by atoms with van der Waals surface area (Å²) in [5.41, 5.74) is 1.89. The molecule has 0 bridgehead atoms. The number of ether oxygens (including phenoxy) is 1. The number of anilines is 1. The minimum atomic E-state index is -3.95. The second-order valence-corrected chi connectivity index (χ2v) is 10.9. The molecule has 1 atom stereocenters. The van der Waals surface area contributed by atoms with Crippen molar-refractivity contribution in [2.75, 3.05) is 10.8 Å². The first-order valence-corrected chi connectivity index (χ1v) is 13.4. The summed E-state index contributed by atoms with van der Waals surface area (Å²) < 4.78 is 34.7. The van der Waals surface area contributed by atoms with Crippen LogP contribution in [-0.2, 0) is 14.8 Å². The molecule has 35 heavy (non-hydrogen) atoms. The number of carbonyl (C=O) groups excluding carboxylic acids is 1. The zero-order chi connectivity index (χ0) is 25.1. The Bertz CT molecular complexity index is 1290. The van der Waals surface area contributed by atoms with Crippen LogP contribution in [0.2, 0.25) is 0 Å². The van der Waals surface area contributed by atoms with E-state index < -0.39 is 10.0 Å². The summed E-state index contributed by atoms with van der Waals surface area (Å²) in [6, 6.07) is 22.8. The maximum absolute atomic E-state index is 13.6. The molecule has 0 aliphatic carbocycles. The van der Waals surface area contributed by atoms with E-state index in [1.807, 2.05) is 37.3 Å². The van der Waals surface area contributed by atoms with Gasteiger partial charge < -0.3 is 10.1 Å². The molecular formula is C28H32N2O4S. The van der Waals surface area contributed by atoms with E-state index in [4.69, 9.17) is 4.74 Å². The molecule has 0 unspecified atom stereocenters. The van der Waals surface area contributed by atoms with Crippen molar-refractivity contribution in [2.24, 2.45) is 0 Å². The topological polar surface area (TPSA) is 75.7 Å². The lowest BCUT2D eigenvalue weighted by molar-refractivity contribution is -0.121. The maximum Gasteiger partial charge on any atom is 0.264 e. The third-order valence-corrected chi connectivity index (χ3v) is 8.52. The predicted octanol–water partition coefficient (Wildman–Crippen LogP) is 5.39. The molecule has 1 amide bonds. The Morgan fingerprint density at radius 2 is 1.69 bits per heavy atom. The third kappa shape index (κ3) is 5.20. The molecule has 0 saturated carbocycles. The highest BCUT2D eigenvalue weighted by molar-refractivity contribution is 7.92. The minimum Gasteiger partial charge on any atom is -0.487 e. The average Bonchev–Trinajstić information content (AvgIpc) is 2.87. The molecule has 184 valence electrons. The normalized spacial score (nSPS) is 16.6. The standard InChI is InChI=1S/C28H32N2O4S/c1-4-28(5-2)19-25(24-16-9-10-17-26(24)34-28)29-27(31)20-30(22-13-11-12-21(3)18-22)35(32,33)23-14-7-6-8-15-23/h6-18,25H,4-5,19-20H2,1-3H3,(H,29,31)/t25-/m0/s1. The molecule has 0 saturated heterocycles. The lowest BCUT2D eigenvalue weighted by Crippen LogP contribution is -2.47. The molecule has 1 heterocycles. The molecule has 1 aliphatic rings. The second kappa shape index (κ2) is 10.1. The Morgan fingerprint density at radius 3 is 2.37 bits per heavy atom. The van der Waals surface area contributed by atoms with Crippen LogP contribution in [0, 0.1) is 6.92 Å². The molecule has 7 heteroatoms. The summed E-state index contributed by atoms with van der Waals surface area (Å²) in [5, 5.41) is 3.11. The molecule has 1 N–H and O–H groups in total. The van der Waals surface area contributed by atoms with Gasteiger partial charge in [0.25, 0.3) is 10.0 Å². The van der Waals surface area contributed by atoms with E-state index in [-0.39, 0.29) is 29.0 Å². The number of benzene rings is 3. The van der Waals surface area contributed by atoms with Crippen LogP contribution in [0.1, 0.15) is 50.3 Å². The Kier molecular flexibility index (Phi) is 7.17. The fourth-order valence-electron chi connectivity index (χ4n) is 4.62. The van der Waals surface area contributed by atoms with Crippen molar-refractivity contribution in [1.29, 1.82) is 0 Å². The van der Waals surface area contributed by atoms with Crippen LogP contribution in [0.3, 0.4) is 0 Å². The highest BCUT2D eigenvalue weighted by atomic mass is 32.2. The number of fused-ring (bicyclic) bond motifs is 1. The number of carbonyl (C=O) groups is 1. The Morgan fingerprint density at radius 1 is 1.00 bits per heavy atom. The Labute approximate surface area is 208 Å². The van der Waals surface area contributed by atoms with Gasteiger partial charge in [0.2, 0.25) is 5.91 Å². The van der Waals surface area contributed by atoms with Crippen LogP contribution < -0.4 is 14.4 Å². The predicted molar refractivity (Wildman–Crippen MR) is 138 cm³/mol. The van der Waals surface area contributed by atoms with E-state index in [0.717, 1.165) is 29.7 Å². The quantitative estimate of drug-likeness (QED) is 0.458. The van der Waals surface area contributed by atoms with Crippen LogP contribution in [-0.4, -0.2) is 26.5 Å². The largest absolute Gasteiger partial charge is 0.487 e. The van der Waals surface area contributed by atoms with Crippen molar-refractivity contribution in [3.8, 4) is 5.75 Å². The van der Waals surface area contributed by atoms with Gasteiger partial charge in [0.1, 0.15) is 17.9 Å². The van der Waals surface area contributed by atoms with E-state index in [9.17, 15) is 13.2 Å². The van der Waals surface area contributed by atoms with Gasteiger partial charge in [-0.25, -0.2) is 8.42 Å². The molecule has 1 aliphatic heterocycles. The van der Waals surface area contributed by atoms with Gasteiger partial charge in [0.05, 0.1) is 16.6 Å². The summed E-state index contributed by atoms with van der Waals surface area (Å²) in [7, 11) is -3.95.